The molecular formula is C13H16ClNO2S. The average Bonchev–Trinajstić information content (AvgIpc) is 2.30. The first-order chi connectivity index (χ1) is 8.45. The molecule has 0 amide bonds. The molecular weight excluding hydrogens is 270 g/mol. The van der Waals surface area contributed by atoms with E-state index < -0.39 is 15.1 Å². The van der Waals surface area contributed by atoms with Gasteiger partial charge in [-0.1, -0.05) is 44.0 Å². The quantitative estimate of drug-likeness (QED) is 0.832. The number of nitrogens with zero attached hydrogens (tertiary/aromatic N) is 1. The van der Waals surface area contributed by atoms with Gasteiger partial charge in [0.25, 0.3) is 0 Å². The van der Waals surface area contributed by atoms with Crippen LogP contribution >= 0.6 is 11.6 Å². The highest BCUT2D eigenvalue weighted by Gasteiger charge is 2.33. The Hall–Kier alpha value is -1.05. The molecule has 3 nitrogen and oxygen atoms in total. The summed E-state index contributed by atoms with van der Waals surface area (Å²) < 4.78 is 24.8. The monoisotopic (exact) mass is 285 g/mol. The SMILES string of the molecule is CCCC(C)C(C#N)S(=O)(=O)c1ccccc1Cl. The molecule has 1 aromatic rings. The maximum atomic E-state index is 12.4. The van der Waals surface area contributed by atoms with Crippen LogP contribution in [0.1, 0.15) is 26.7 Å². The number of benzene rings is 1. The first-order valence-corrected chi connectivity index (χ1v) is 7.75. The molecule has 0 radical (unpaired) electrons. The fourth-order valence-corrected chi connectivity index (χ4v) is 4.15. The molecule has 0 fully saturated rings. The molecule has 1 aromatic carbocycles. The van der Waals surface area contributed by atoms with E-state index >= 15 is 0 Å². The number of hydrogen-bond donors (Lipinski definition) is 0. The zero-order valence-corrected chi connectivity index (χ0v) is 12.0. The van der Waals surface area contributed by atoms with E-state index in [0.717, 1.165) is 6.42 Å². The van der Waals surface area contributed by atoms with Gasteiger partial charge in [0.15, 0.2) is 15.1 Å². The smallest absolute Gasteiger partial charge is 0.196 e. The Kier molecular flexibility index (Phi) is 5.18. The van der Waals surface area contributed by atoms with Gasteiger partial charge in [-0.3, -0.25) is 0 Å². The van der Waals surface area contributed by atoms with Crippen LogP contribution in [0.4, 0.5) is 0 Å². The number of nitriles is 1. The van der Waals surface area contributed by atoms with Gasteiger partial charge in [0.2, 0.25) is 0 Å². The van der Waals surface area contributed by atoms with Gasteiger partial charge in [-0.25, -0.2) is 8.42 Å². The molecule has 2 atom stereocenters. The van der Waals surface area contributed by atoms with Crippen LogP contribution in [0, 0.1) is 17.2 Å². The highest BCUT2D eigenvalue weighted by molar-refractivity contribution is 7.92. The van der Waals surface area contributed by atoms with Gasteiger partial charge in [0, 0.05) is 0 Å². The third-order valence-electron chi connectivity index (χ3n) is 2.87. The van der Waals surface area contributed by atoms with Gasteiger partial charge in [-0.2, -0.15) is 5.26 Å². The highest BCUT2D eigenvalue weighted by atomic mass is 35.5. The molecule has 0 heterocycles. The lowest BCUT2D eigenvalue weighted by Gasteiger charge is -2.18. The number of halogens is 1. The Balaban J connectivity index is 3.21. The third kappa shape index (κ3) is 3.04. The zero-order valence-electron chi connectivity index (χ0n) is 10.4. The maximum Gasteiger partial charge on any atom is 0.196 e. The zero-order chi connectivity index (χ0) is 13.8. The minimum atomic E-state index is -3.70. The Morgan fingerprint density at radius 1 is 1.39 bits per heavy atom. The van der Waals surface area contributed by atoms with Gasteiger partial charge in [0.1, 0.15) is 0 Å². The van der Waals surface area contributed by atoms with E-state index in [1.165, 1.54) is 12.1 Å². The summed E-state index contributed by atoms with van der Waals surface area (Å²) in [5.41, 5.74) is 0. The van der Waals surface area contributed by atoms with E-state index in [1.54, 1.807) is 19.1 Å². The molecule has 5 heteroatoms. The standard InChI is InChI=1S/C13H16ClNO2S/c1-3-6-10(2)13(9-15)18(16,17)12-8-5-4-7-11(12)14/h4-5,7-8,10,13H,3,6H2,1-2H3. The van der Waals surface area contributed by atoms with E-state index in [2.05, 4.69) is 0 Å². The minimum absolute atomic E-state index is 0.0427. The lowest BCUT2D eigenvalue weighted by atomic mass is 10.0. The molecule has 0 aliphatic heterocycles. The first kappa shape index (κ1) is 15.0. The molecule has 0 aliphatic carbocycles. The Morgan fingerprint density at radius 3 is 2.50 bits per heavy atom. The molecule has 0 N–H and O–H groups in total. The van der Waals surface area contributed by atoms with Gasteiger partial charge in [0.05, 0.1) is 16.0 Å². The van der Waals surface area contributed by atoms with E-state index in [4.69, 9.17) is 16.9 Å². The molecule has 0 bridgehead atoms. The predicted octanol–water partition coefficient (Wildman–Crippen LogP) is 3.44. The van der Waals surface area contributed by atoms with Crippen molar-refractivity contribution in [2.24, 2.45) is 5.92 Å². The van der Waals surface area contributed by atoms with Crippen LogP contribution in [0.5, 0.6) is 0 Å². The number of rotatable bonds is 5. The van der Waals surface area contributed by atoms with Crippen molar-refractivity contribution in [2.45, 2.75) is 36.8 Å². The second-order valence-corrected chi connectivity index (χ2v) is 6.74. The van der Waals surface area contributed by atoms with Crippen molar-refractivity contribution >= 4 is 21.4 Å². The second-order valence-electron chi connectivity index (χ2n) is 4.29. The van der Waals surface area contributed by atoms with Crippen molar-refractivity contribution in [1.29, 1.82) is 5.26 Å². The number of hydrogen-bond acceptors (Lipinski definition) is 3. The normalized spacial score (nSPS) is 14.8. The second kappa shape index (κ2) is 6.21. The number of sulfone groups is 1. The topological polar surface area (TPSA) is 57.9 Å². The van der Waals surface area contributed by atoms with Crippen molar-refractivity contribution in [1.82, 2.24) is 0 Å². The van der Waals surface area contributed by atoms with Crippen molar-refractivity contribution in [2.75, 3.05) is 0 Å². The summed E-state index contributed by atoms with van der Waals surface area (Å²) >= 11 is 5.90. The van der Waals surface area contributed by atoms with Crippen molar-refractivity contribution < 1.29 is 8.42 Å². The lowest BCUT2D eigenvalue weighted by Crippen LogP contribution is -2.27. The Labute approximate surface area is 113 Å². The molecule has 0 saturated carbocycles. The fraction of sp³-hybridized carbons (Fsp3) is 0.462. The van der Waals surface area contributed by atoms with Gasteiger partial charge >= 0.3 is 0 Å². The Morgan fingerprint density at radius 2 is 2.00 bits per heavy atom. The summed E-state index contributed by atoms with van der Waals surface area (Å²) in [6.07, 6.45) is 1.54. The maximum absolute atomic E-state index is 12.4. The van der Waals surface area contributed by atoms with E-state index in [9.17, 15) is 8.42 Å². The molecule has 2 unspecified atom stereocenters. The van der Waals surface area contributed by atoms with Crippen molar-refractivity contribution in [3.05, 3.63) is 29.3 Å². The van der Waals surface area contributed by atoms with Crippen LogP contribution in [0.15, 0.2) is 29.2 Å². The van der Waals surface area contributed by atoms with Crippen LogP contribution in [-0.4, -0.2) is 13.7 Å². The van der Waals surface area contributed by atoms with Crippen molar-refractivity contribution in [3.63, 3.8) is 0 Å². The van der Waals surface area contributed by atoms with Gasteiger partial charge in [-0.05, 0) is 24.5 Å². The van der Waals surface area contributed by atoms with Gasteiger partial charge < -0.3 is 0 Å². The van der Waals surface area contributed by atoms with E-state index in [-0.39, 0.29) is 15.8 Å². The van der Waals surface area contributed by atoms with Gasteiger partial charge in [-0.15, -0.1) is 0 Å². The molecule has 0 saturated heterocycles. The van der Waals surface area contributed by atoms with Crippen LogP contribution in [0.3, 0.4) is 0 Å². The largest absolute Gasteiger partial charge is 0.222 e. The molecule has 0 aliphatic rings. The minimum Gasteiger partial charge on any atom is -0.222 e. The molecule has 1 rings (SSSR count). The average molecular weight is 286 g/mol. The van der Waals surface area contributed by atoms with Crippen LogP contribution in [0.2, 0.25) is 5.02 Å². The van der Waals surface area contributed by atoms with E-state index in [0.29, 0.717) is 6.42 Å². The lowest BCUT2D eigenvalue weighted by molar-refractivity contribution is 0.511. The summed E-state index contributed by atoms with van der Waals surface area (Å²) in [7, 11) is -3.70. The summed E-state index contributed by atoms with van der Waals surface area (Å²) in [6.45, 7) is 3.75. The Bertz CT molecular complexity index is 548. The summed E-state index contributed by atoms with van der Waals surface area (Å²) in [5, 5.41) is 8.26. The van der Waals surface area contributed by atoms with Crippen LogP contribution < -0.4 is 0 Å². The summed E-state index contributed by atoms with van der Waals surface area (Å²) in [4.78, 5) is 0.0427. The molecule has 0 aromatic heterocycles. The van der Waals surface area contributed by atoms with Crippen molar-refractivity contribution in [3.8, 4) is 6.07 Å². The first-order valence-electron chi connectivity index (χ1n) is 5.83. The van der Waals surface area contributed by atoms with Crippen LogP contribution in [0.25, 0.3) is 0 Å². The summed E-state index contributed by atoms with van der Waals surface area (Å²) in [6, 6.07) is 8.15. The molecule has 98 valence electrons. The van der Waals surface area contributed by atoms with E-state index in [1.807, 2.05) is 13.0 Å². The fourth-order valence-electron chi connectivity index (χ4n) is 1.92. The highest BCUT2D eigenvalue weighted by Crippen LogP contribution is 2.28. The third-order valence-corrected chi connectivity index (χ3v) is 5.51. The van der Waals surface area contributed by atoms with Crippen LogP contribution in [-0.2, 0) is 9.84 Å². The molecule has 0 spiro atoms. The predicted molar refractivity (Wildman–Crippen MR) is 72.1 cm³/mol. The molecule has 18 heavy (non-hydrogen) atoms. The summed E-state index contributed by atoms with van der Waals surface area (Å²) in [5.74, 6) is -0.207.